The molecule has 1 aromatic rings. The maximum Gasteiger partial charge on any atom is 0.248 e. The highest BCUT2D eigenvalue weighted by molar-refractivity contribution is 6.30. The summed E-state index contributed by atoms with van der Waals surface area (Å²) in [5.74, 6) is -2.30. The Balaban J connectivity index is 2.01. The molecule has 1 aliphatic rings. The largest absolute Gasteiger partial charge is 0.397 e. The predicted octanol–water partition coefficient (Wildman–Crippen LogP) is 4.16. The van der Waals surface area contributed by atoms with E-state index in [0.717, 1.165) is 5.56 Å². The molecule has 5 heteroatoms. The molecule has 0 atom stereocenters. The Morgan fingerprint density at radius 2 is 2.06 bits per heavy atom. The van der Waals surface area contributed by atoms with Crippen LogP contribution in [-0.4, -0.2) is 10.9 Å². The maximum atomic E-state index is 13.0. The van der Waals surface area contributed by atoms with Gasteiger partial charge in [0, 0.05) is 18.4 Å². The van der Waals surface area contributed by atoms with Gasteiger partial charge in [0.15, 0.2) is 0 Å². The van der Waals surface area contributed by atoms with Crippen LogP contribution in [0.1, 0.15) is 31.2 Å². The molecule has 1 heterocycles. The number of anilines is 1. The summed E-state index contributed by atoms with van der Waals surface area (Å²) in [6, 6.07) is 1.73. The summed E-state index contributed by atoms with van der Waals surface area (Å²) in [6.45, 7) is 0. The van der Waals surface area contributed by atoms with E-state index in [0.29, 0.717) is 23.7 Å². The number of nitrogens with zero attached hydrogens (tertiary/aromatic N) is 1. The normalized spacial score (nSPS) is 20.4. The van der Waals surface area contributed by atoms with E-state index in [2.05, 4.69) is 4.98 Å². The molecule has 0 aliphatic heterocycles. The second kappa shape index (κ2) is 5.22. The minimum atomic E-state index is -2.49. The highest BCUT2D eigenvalue weighted by Crippen LogP contribution is 2.36. The summed E-state index contributed by atoms with van der Waals surface area (Å²) < 4.78 is 26.0. The molecule has 18 heavy (non-hydrogen) atoms. The van der Waals surface area contributed by atoms with E-state index in [9.17, 15) is 8.78 Å². The summed E-state index contributed by atoms with van der Waals surface area (Å²) in [4.78, 5) is 3.93. The molecule has 1 saturated carbocycles. The van der Waals surface area contributed by atoms with Gasteiger partial charge in [-0.25, -0.2) is 13.8 Å². The molecule has 0 saturated heterocycles. The molecule has 1 aromatic heterocycles. The number of nitrogens with two attached hydrogens (primary N) is 1. The van der Waals surface area contributed by atoms with Gasteiger partial charge in [0.1, 0.15) is 5.15 Å². The van der Waals surface area contributed by atoms with Gasteiger partial charge in [-0.15, -0.1) is 0 Å². The van der Waals surface area contributed by atoms with Crippen molar-refractivity contribution in [3.8, 4) is 0 Å². The number of nitrogen functional groups attached to an aromatic ring is 1. The van der Waals surface area contributed by atoms with Gasteiger partial charge in [-0.1, -0.05) is 23.8 Å². The van der Waals surface area contributed by atoms with Crippen LogP contribution in [0.15, 0.2) is 18.3 Å². The van der Waals surface area contributed by atoms with Crippen molar-refractivity contribution in [1.29, 1.82) is 0 Å². The van der Waals surface area contributed by atoms with E-state index < -0.39 is 5.92 Å². The number of rotatable bonds is 2. The first kappa shape index (κ1) is 13.3. The van der Waals surface area contributed by atoms with Crippen LogP contribution in [0.2, 0.25) is 5.15 Å². The van der Waals surface area contributed by atoms with E-state index in [1.165, 1.54) is 6.20 Å². The number of pyridine rings is 1. The van der Waals surface area contributed by atoms with Gasteiger partial charge in [0.2, 0.25) is 5.92 Å². The SMILES string of the molecule is Nc1cnc(Cl)c(C=CC2CCC(F)(F)CC2)c1. The van der Waals surface area contributed by atoms with Crippen LogP contribution in [-0.2, 0) is 0 Å². The number of hydrogen-bond acceptors (Lipinski definition) is 2. The third kappa shape index (κ3) is 3.42. The first-order valence-electron chi connectivity index (χ1n) is 5.93. The number of allylic oxidation sites excluding steroid dienone is 1. The fraction of sp³-hybridized carbons (Fsp3) is 0.462. The van der Waals surface area contributed by atoms with Crippen LogP contribution in [0.4, 0.5) is 14.5 Å². The summed E-state index contributed by atoms with van der Waals surface area (Å²) in [6.07, 6.45) is 6.18. The van der Waals surface area contributed by atoms with Crippen LogP contribution in [0, 0.1) is 5.92 Å². The third-order valence-corrected chi connectivity index (χ3v) is 3.51. The molecule has 2 rings (SSSR count). The van der Waals surface area contributed by atoms with Crippen LogP contribution in [0.3, 0.4) is 0 Å². The summed E-state index contributed by atoms with van der Waals surface area (Å²) in [7, 11) is 0. The molecule has 0 bridgehead atoms. The average molecular weight is 273 g/mol. The van der Waals surface area contributed by atoms with Crippen molar-refractivity contribution in [2.24, 2.45) is 5.92 Å². The molecular formula is C13H15ClF2N2. The Morgan fingerprint density at radius 3 is 2.72 bits per heavy atom. The highest BCUT2D eigenvalue weighted by atomic mass is 35.5. The van der Waals surface area contributed by atoms with Gasteiger partial charge in [-0.05, 0) is 24.8 Å². The van der Waals surface area contributed by atoms with Crippen molar-refractivity contribution in [2.45, 2.75) is 31.6 Å². The molecule has 2 N–H and O–H groups in total. The molecular weight excluding hydrogens is 258 g/mol. The fourth-order valence-corrected chi connectivity index (χ4v) is 2.26. The Kier molecular flexibility index (Phi) is 3.85. The maximum absolute atomic E-state index is 13.0. The minimum Gasteiger partial charge on any atom is -0.397 e. The third-order valence-electron chi connectivity index (χ3n) is 3.20. The zero-order chi connectivity index (χ0) is 13.2. The summed E-state index contributed by atoms with van der Waals surface area (Å²) in [5.41, 5.74) is 6.88. The van der Waals surface area contributed by atoms with E-state index in [-0.39, 0.29) is 18.8 Å². The Labute approximate surface area is 110 Å². The first-order chi connectivity index (χ1) is 8.46. The Hall–Kier alpha value is -1.16. The number of alkyl halides is 2. The summed E-state index contributed by atoms with van der Waals surface area (Å²) >= 11 is 5.92. The second-order valence-corrected chi connectivity index (χ2v) is 5.06. The van der Waals surface area contributed by atoms with Crippen molar-refractivity contribution in [3.63, 3.8) is 0 Å². The minimum absolute atomic E-state index is 0.0368. The Bertz CT molecular complexity index is 450. The van der Waals surface area contributed by atoms with E-state index in [1.807, 2.05) is 12.2 Å². The van der Waals surface area contributed by atoms with E-state index in [4.69, 9.17) is 17.3 Å². The quantitative estimate of drug-likeness (QED) is 0.821. The van der Waals surface area contributed by atoms with Gasteiger partial charge >= 0.3 is 0 Å². The van der Waals surface area contributed by atoms with Crippen LogP contribution in [0.5, 0.6) is 0 Å². The standard InChI is InChI=1S/C13H15ClF2N2/c14-12-10(7-11(17)8-18-12)2-1-9-3-5-13(15,16)6-4-9/h1-2,7-9H,3-6,17H2. The van der Waals surface area contributed by atoms with Crippen molar-refractivity contribution in [3.05, 3.63) is 29.1 Å². The van der Waals surface area contributed by atoms with Crippen molar-refractivity contribution in [1.82, 2.24) is 4.98 Å². The smallest absolute Gasteiger partial charge is 0.248 e. The van der Waals surface area contributed by atoms with Crippen molar-refractivity contribution in [2.75, 3.05) is 5.73 Å². The molecule has 0 spiro atoms. The van der Waals surface area contributed by atoms with Crippen LogP contribution >= 0.6 is 11.6 Å². The topological polar surface area (TPSA) is 38.9 Å². The molecule has 0 unspecified atom stereocenters. The van der Waals surface area contributed by atoms with Gasteiger partial charge in [0.25, 0.3) is 0 Å². The van der Waals surface area contributed by atoms with E-state index >= 15 is 0 Å². The van der Waals surface area contributed by atoms with Crippen LogP contribution in [0.25, 0.3) is 6.08 Å². The average Bonchev–Trinajstić information content (AvgIpc) is 2.32. The van der Waals surface area contributed by atoms with Gasteiger partial charge in [-0.2, -0.15) is 0 Å². The lowest BCUT2D eigenvalue weighted by molar-refractivity contribution is -0.0410. The van der Waals surface area contributed by atoms with Crippen molar-refractivity contribution < 1.29 is 8.78 Å². The molecule has 0 radical (unpaired) electrons. The number of hydrogen-bond donors (Lipinski definition) is 1. The lowest BCUT2D eigenvalue weighted by Gasteiger charge is -2.26. The van der Waals surface area contributed by atoms with E-state index in [1.54, 1.807) is 6.07 Å². The summed E-state index contributed by atoms with van der Waals surface area (Å²) in [5, 5.41) is 0.376. The van der Waals surface area contributed by atoms with Gasteiger partial charge in [0.05, 0.1) is 11.9 Å². The lowest BCUT2D eigenvalue weighted by Crippen LogP contribution is -2.23. The lowest BCUT2D eigenvalue weighted by atomic mass is 9.86. The number of halogens is 3. The molecule has 1 fully saturated rings. The fourth-order valence-electron chi connectivity index (χ4n) is 2.09. The predicted molar refractivity (Wildman–Crippen MR) is 69.6 cm³/mol. The zero-order valence-electron chi connectivity index (χ0n) is 9.87. The molecule has 98 valence electrons. The van der Waals surface area contributed by atoms with Gasteiger partial charge < -0.3 is 5.73 Å². The molecule has 0 aromatic carbocycles. The molecule has 2 nitrogen and oxygen atoms in total. The Morgan fingerprint density at radius 1 is 1.39 bits per heavy atom. The van der Waals surface area contributed by atoms with Crippen molar-refractivity contribution >= 4 is 23.4 Å². The zero-order valence-corrected chi connectivity index (χ0v) is 10.6. The monoisotopic (exact) mass is 272 g/mol. The van der Waals surface area contributed by atoms with Gasteiger partial charge in [-0.3, -0.25) is 0 Å². The first-order valence-corrected chi connectivity index (χ1v) is 6.31. The molecule has 1 aliphatic carbocycles. The highest BCUT2D eigenvalue weighted by Gasteiger charge is 2.33. The van der Waals surface area contributed by atoms with Crippen LogP contribution < -0.4 is 5.73 Å². The second-order valence-electron chi connectivity index (χ2n) is 4.70. The molecule has 0 amide bonds. The number of aromatic nitrogens is 1.